The summed E-state index contributed by atoms with van der Waals surface area (Å²) in [6, 6.07) is 41.3. The van der Waals surface area contributed by atoms with Crippen molar-refractivity contribution >= 4 is 23.3 Å². The maximum Gasteiger partial charge on any atom is 0.328 e. The number of hydrogen-bond acceptors (Lipinski definition) is 6. The molecule has 0 heterocycles. The lowest BCUT2D eigenvalue weighted by Gasteiger charge is -2.20. The molecule has 0 radical (unpaired) electrons. The van der Waals surface area contributed by atoms with E-state index in [-0.39, 0.29) is 11.7 Å². The first-order valence-electron chi connectivity index (χ1n) is 16.1. The number of methoxy groups -OCH3 is 1. The first-order valence-corrected chi connectivity index (χ1v) is 16.1. The Labute approximate surface area is 281 Å². The zero-order valence-electron chi connectivity index (χ0n) is 27.1. The van der Waals surface area contributed by atoms with E-state index in [1.807, 2.05) is 84.9 Å². The molecule has 5 rings (SSSR count). The Kier molecular flexibility index (Phi) is 12.1. The van der Waals surface area contributed by atoms with Gasteiger partial charge >= 0.3 is 5.97 Å². The molecule has 2 N–H and O–H groups in total. The average Bonchev–Trinajstić information content (AvgIpc) is 3.13. The number of nitrogens with one attached hydrogen (secondary N) is 2. The SMILES string of the molecule is COC(=O)C(Cc1ccc(OCCCNC(=O)Cc2ccccc2Cc2ccccc2)cc1)Nc1ccccc1C(=O)c1ccccc1. The minimum absolute atomic E-state index is 0.0133. The molecule has 7 nitrogen and oxygen atoms in total. The second-order valence-corrected chi connectivity index (χ2v) is 11.5. The van der Waals surface area contributed by atoms with E-state index >= 15 is 0 Å². The summed E-state index contributed by atoms with van der Waals surface area (Å²) in [4.78, 5) is 38.6. The first kappa shape index (κ1) is 33.7. The van der Waals surface area contributed by atoms with Crippen LogP contribution in [0, 0.1) is 0 Å². The maximum atomic E-state index is 13.2. The molecule has 1 amide bonds. The predicted octanol–water partition coefficient (Wildman–Crippen LogP) is 6.83. The topological polar surface area (TPSA) is 93.7 Å². The van der Waals surface area contributed by atoms with E-state index in [0.717, 1.165) is 23.1 Å². The predicted molar refractivity (Wildman–Crippen MR) is 188 cm³/mol. The molecule has 0 aliphatic heterocycles. The van der Waals surface area contributed by atoms with E-state index in [0.29, 0.717) is 55.0 Å². The Morgan fingerprint density at radius 3 is 2.06 bits per heavy atom. The highest BCUT2D eigenvalue weighted by Crippen LogP contribution is 2.22. The molecule has 7 heteroatoms. The fraction of sp³-hybridized carbons (Fsp3) is 0.195. The van der Waals surface area contributed by atoms with E-state index < -0.39 is 12.0 Å². The van der Waals surface area contributed by atoms with Gasteiger partial charge in [0.25, 0.3) is 0 Å². The van der Waals surface area contributed by atoms with E-state index in [1.165, 1.54) is 12.7 Å². The second kappa shape index (κ2) is 17.3. The Balaban J connectivity index is 1.09. The normalized spacial score (nSPS) is 11.3. The molecule has 244 valence electrons. The fourth-order valence-corrected chi connectivity index (χ4v) is 5.48. The Hall–Kier alpha value is -5.69. The van der Waals surface area contributed by atoms with Gasteiger partial charge in [-0.2, -0.15) is 0 Å². The number of carbonyl (C=O) groups excluding carboxylic acids is 3. The molecule has 5 aromatic carbocycles. The summed E-state index contributed by atoms with van der Waals surface area (Å²) in [6.45, 7) is 0.960. The number of hydrogen-bond donors (Lipinski definition) is 2. The van der Waals surface area contributed by atoms with E-state index in [2.05, 4.69) is 28.8 Å². The van der Waals surface area contributed by atoms with Crippen molar-refractivity contribution < 1.29 is 23.9 Å². The molecular weight excluding hydrogens is 600 g/mol. The lowest BCUT2D eigenvalue weighted by atomic mass is 9.98. The molecule has 1 unspecified atom stereocenters. The molecular formula is C41H40N2O5. The Morgan fingerprint density at radius 2 is 1.33 bits per heavy atom. The lowest BCUT2D eigenvalue weighted by molar-refractivity contribution is -0.141. The van der Waals surface area contributed by atoms with Crippen molar-refractivity contribution in [1.29, 1.82) is 0 Å². The highest BCUT2D eigenvalue weighted by Gasteiger charge is 2.22. The van der Waals surface area contributed by atoms with Gasteiger partial charge < -0.3 is 20.1 Å². The molecule has 0 saturated heterocycles. The fourth-order valence-electron chi connectivity index (χ4n) is 5.48. The van der Waals surface area contributed by atoms with Crippen LogP contribution in [0.2, 0.25) is 0 Å². The Bertz CT molecular complexity index is 1790. The average molecular weight is 641 g/mol. The van der Waals surface area contributed by atoms with Crippen LogP contribution in [0.5, 0.6) is 5.75 Å². The van der Waals surface area contributed by atoms with Crippen LogP contribution in [0.3, 0.4) is 0 Å². The highest BCUT2D eigenvalue weighted by atomic mass is 16.5. The van der Waals surface area contributed by atoms with E-state index in [9.17, 15) is 14.4 Å². The highest BCUT2D eigenvalue weighted by molar-refractivity contribution is 6.12. The molecule has 0 fully saturated rings. The van der Waals surface area contributed by atoms with Crippen LogP contribution in [0.4, 0.5) is 5.69 Å². The summed E-state index contributed by atoms with van der Waals surface area (Å²) in [5.74, 6) is 0.119. The summed E-state index contributed by atoms with van der Waals surface area (Å²) in [7, 11) is 1.35. The van der Waals surface area contributed by atoms with Gasteiger partial charge in [-0.05, 0) is 59.4 Å². The number of para-hydroxylation sites is 1. The number of anilines is 1. The van der Waals surface area contributed by atoms with Crippen LogP contribution in [-0.2, 0) is 33.6 Å². The summed E-state index contributed by atoms with van der Waals surface area (Å²) in [6.07, 6.45) is 2.14. The summed E-state index contributed by atoms with van der Waals surface area (Å²) < 4.78 is 11.0. The third kappa shape index (κ3) is 9.66. The third-order valence-corrected chi connectivity index (χ3v) is 8.01. The van der Waals surface area contributed by atoms with Gasteiger partial charge in [0.2, 0.25) is 5.91 Å². The summed E-state index contributed by atoms with van der Waals surface area (Å²) in [5.41, 5.74) is 5.91. The summed E-state index contributed by atoms with van der Waals surface area (Å²) >= 11 is 0. The van der Waals surface area contributed by atoms with Gasteiger partial charge in [-0.3, -0.25) is 9.59 Å². The molecule has 0 aliphatic rings. The van der Waals surface area contributed by atoms with E-state index in [4.69, 9.17) is 9.47 Å². The van der Waals surface area contributed by atoms with Crippen LogP contribution in [0.15, 0.2) is 133 Å². The number of ketones is 1. The number of benzene rings is 5. The first-order chi connectivity index (χ1) is 23.5. The smallest absolute Gasteiger partial charge is 0.328 e. The molecule has 0 aliphatic carbocycles. The monoisotopic (exact) mass is 640 g/mol. The number of ether oxygens (including phenoxy) is 2. The van der Waals surface area contributed by atoms with E-state index in [1.54, 1.807) is 30.3 Å². The van der Waals surface area contributed by atoms with Gasteiger partial charge in [0.1, 0.15) is 11.8 Å². The quantitative estimate of drug-likeness (QED) is 0.0698. The van der Waals surface area contributed by atoms with Crippen LogP contribution in [-0.4, -0.2) is 44.0 Å². The molecule has 48 heavy (non-hydrogen) atoms. The number of esters is 1. The lowest BCUT2D eigenvalue weighted by Crippen LogP contribution is -2.33. The molecule has 0 aromatic heterocycles. The van der Waals surface area contributed by atoms with Gasteiger partial charge in [0.15, 0.2) is 5.78 Å². The number of amides is 1. The van der Waals surface area contributed by atoms with Crippen LogP contribution < -0.4 is 15.4 Å². The largest absolute Gasteiger partial charge is 0.494 e. The summed E-state index contributed by atoms with van der Waals surface area (Å²) in [5, 5.41) is 6.24. The van der Waals surface area contributed by atoms with Crippen LogP contribution >= 0.6 is 0 Å². The van der Waals surface area contributed by atoms with Crippen molar-refractivity contribution in [2.45, 2.75) is 31.7 Å². The second-order valence-electron chi connectivity index (χ2n) is 11.5. The standard InChI is InChI=1S/C41H40N2O5/c1-47-41(46)38(43-37-20-11-10-19-36(37)40(45)32-15-6-3-7-16-32)28-31-21-23-35(24-22-31)48-26-12-25-42-39(44)29-34-18-9-8-17-33(34)27-30-13-4-2-5-14-30/h2-11,13-24,38,43H,12,25-29H2,1H3,(H,42,44). The van der Waals surface area contributed by atoms with Crippen molar-refractivity contribution in [2.75, 3.05) is 25.6 Å². The van der Waals surface area contributed by atoms with Gasteiger partial charge in [-0.25, -0.2) is 4.79 Å². The minimum Gasteiger partial charge on any atom is -0.494 e. The zero-order chi connectivity index (χ0) is 33.6. The molecule has 0 spiro atoms. The molecule has 5 aromatic rings. The molecule has 0 saturated carbocycles. The van der Waals surface area contributed by atoms with Crippen molar-refractivity contribution in [3.8, 4) is 5.75 Å². The van der Waals surface area contributed by atoms with Crippen molar-refractivity contribution in [3.63, 3.8) is 0 Å². The number of rotatable bonds is 16. The zero-order valence-corrected chi connectivity index (χ0v) is 27.1. The van der Waals surface area contributed by atoms with Crippen molar-refractivity contribution in [1.82, 2.24) is 5.32 Å². The van der Waals surface area contributed by atoms with Gasteiger partial charge in [-0.15, -0.1) is 0 Å². The van der Waals surface area contributed by atoms with Gasteiger partial charge in [-0.1, -0.05) is 109 Å². The van der Waals surface area contributed by atoms with Crippen molar-refractivity contribution in [2.24, 2.45) is 0 Å². The van der Waals surface area contributed by atoms with Crippen LogP contribution in [0.25, 0.3) is 0 Å². The number of carbonyl (C=O) groups is 3. The molecule has 0 bridgehead atoms. The Morgan fingerprint density at radius 1 is 0.688 bits per heavy atom. The van der Waals surface area contributed by atoms with Crippen molar-refractivity contribution in [3.05, 3.63) is 167 Å². The van der Waals surface area contributed by atoms with Gasteiger partial charge in [0, 0.05) is 29.8 Å². The minimum atomic E-state index is -0.708. The van der Waals surface area contributed by atoms with Gasteiger partial charge in [0.05, 0.1) is 20.1 Å². The molecule has 1 atom stereocenters. The third-order valence-electron chi connectivity index (χ3n) is 8.01. The maximum absolute atomic E-state index is 13.2. The van der Waals surface area contributed by atoms with Crippen LogP contribution in [0.1, 0.15) is 44.6 Å².